The van der Waals surface area contributed by atoms with Crippen LogP contribution in [0.4, 0.5) is 5.69 Å². The summed E-state index contributed by atoms with van der Waals surface area (Å²) in [5.41, 5.74) is 5.50. The molecule has 27 heavy (non-hydrogen) atoms. The molecule has 0 N–H and O–H groups in total. The number of Topliss-reactive ketones (excluding diaryl/α,β-unsaturated/α-hetero) is 1. The molecule has 1 amide bonds. The van der Waals surface area contributed by atoms with Crippen LogP contribution in [0.3, 0.4) is 0 Å². The first kappa shape index (κ1) is 19.2. The highest BCUT2D eigenvalue weighted by atomic mass is 16.2. The van der Waals surface area contributed by atoms with E-state index in [1.165, 1.54) is 16.8 Å². The van der Waals surface area contributed by atoms with Crippen molar-refractivity contribution in [3.8, 4) is 0 Å². The van der Waals surface area contributed by atoms with Gasteiger partial charge in [-0.1, -0.05) is 30.3 Å². The predicted molar refractivity (Wildman–Crippen MR) is 109 cm³/mol. The molecule has 0 atom stereocenters. The molecule has 1 heterocycles. The fraction of sp³-hybridized carbons (Fsp3) is 0.391. The minimum Gasteiger partial charge on any atom is -0.368 e. The van der Waals surface area contributed by atoms with Crippen LogP contribution in [0.5, 0.6) is 0 Å². The summed E-state index contributed by atoms with van der Waals surface area (Å²) in [5.74, 6) is 0.126. The zero-order chi connectivity index (χ0) is 19.4. The van der Waals surface area contributed by atoms with Crippen LogP contribution in [-0.4, -0.2) is 42.8 Å². The lowest BCUT2D eigenvalue weighted by Crippen LogP contribution is -2.49. The Morgan fingerprint density at radius 1 is 0.815 bits per heavy atom. The number of nitrogens with zero attached hydrogens (tertiary/aromatic N) is 2. The van der Waals surface area contributed by atoms with Gasteiger partial charge in [-0.25, -0.2) is 0 Å². The first-order chi connectivity index (χ1) is 13.0. The summed E-state index contributed by atoms with van der Waals surface area (Å²) in [6.07, 6.45) is 0.565. The largest absolute Gasteiger partial charge is 0.368 e. The lowest BCUT2D eigenvalue weighted by Gasteiger charge is -2.36. The maximum absolute atomic E-state index is 12.5. The van der Waals surface area contributed by atoms with Crippen molar-refractivity contribution in [1.82, 2.24) is 4.90 Å². The van der Waals surface area contributed by atoms with Crippen molar-refractivity contribution >= 4 is 17.4 Å². The number of hydrogen-bond donors (Lipinski definition) is 0. The van der Waals surface area contributed by atoms with Crippen LogP contribution in [0.25, 0.3) is 0 Å². The monoisotopic (exact) mass is 364 g/mol. The van der Waals surface area contributed by atoms with Gasteiger partial charge in [0.25, 0.3) is 0 Å². The first-order valence-corrected chi connectivity index (χ1v) is 9.64. The second-order valence-electron chi connectivity index (χ2n) is 7.38. The summed E-state index contributed by atoms with van der Waals surface area (Å²) >= 11 is 0. The molecule has 1 aliphatic heterocycles. The van der Waals surface area contributed by atoms with E-state index < -0.39 is 0 Å². The Bertz CT molecular complexity index is 836. The molecule has 0 bridgehead atoms. The van der Waals surface area contributed by atoms with Gasteiger partial charge in [0.2, 0.25) is 5.91 Å². The highest BCUT2D eigenvalue weighted by molar-refractivity contribution is 5.98. The fourth-order valence-corrected chi connectivity index (χ4v) is 3.55. The Morgan fingerprint density at radius 3 is 2.19 bits per heavy atom. The van der Waals surface area contributed by atoms with Crippen molar-refractivity contribution in [2.45, 2.75) is 33.6 Å². The number of amides is 1. The van der Waals surface area contributed by atoms with E-state index in [2.05, 4.69) is 30.0 Å². The zero-order valence-corrected chi connectivity index (χ0v) is 16.5. The molecule has 0 aliphatic carbocycles. The van der Waals surface area contributed by atoms with Gasteiger partial charge in [-0.3, -0.25) is 9.59 Å². The van der Waals surface area contributed by atoms with E-state index in [9.17, 15) is 9.59 Å². The number of benzene rings is 2. The SMILES string of the molecule is Cc1ccc(C(=O)CCC(=O)N2CCN(c3ccccc3C)CC2)cc1C. The van der Waals surface area contributed by atoms with Gasteiger partial charge < -0.3 is 9.80 Å². The van der Waals surface area contributed by atoms with Gasteiger partial charge in [-0.15, -0.1) is 0 Å². The molecule has 142 valence electrons. The fourth-order valence-electron chi connectivity index (χ4n) is 3.55. The summed E-state index contributed by atoms with van der Waals surface area (Å²) in [6, 6.07) is 14.1. The van der Waals surface area contributed by atoms with Crippen molar-refractivity contribution < 1.29 is 9.59 Å². The van der Waals surface area contributed by atoms with E-state index in [1.807, 2.05) is 43.0 Å². The van der Waals surface area contributed by atoms with Crippen molar-refractivity contribution in [1.29, 1.82) is 0 Å². The van der Waals surface area contributed by atoms with Crippen molar-refractivity contribution in [2.24, 2.45) is 0 Å². The summed E-state index contributed by atoms with van der Waals surface area (Å²) in [6.45, 7) is 9.25. The minimum atomic E-state index is 0.0463. The van der Waals surface area contributed by atoms with Gasteiger partial charge in [-0.05, 0) is 49.6 Å². The van der Waals surface area contributed by atoms with Crippen molar-refractivity contribution in [3.05, 3.63) is 64.7 Å². The zero-order valence-electron chi connectivity index (χ0n) is 16.5. The van der Waals surface area contributed by atoms with Gasteiger partial charge in [-0.2, -0.15) is 0 Å². The number of carbonyl (C=O) groups is 2. The molecule has 3 rings (SSSR count). The quantitative estimate of drug-likeness (QED) is 0.755. The summed E-state index contributed by atoms with van der Waals surface area (Å²) in [4.78, 5) is 29.1. The maximum atomic E-state index is 12.5. The third kappa shape index (κ3) is 4.57. The van der Waals surface area contributed by atoms with Gasteiger partial charge in [0, 0.05) is 50.3 Å². The molecule has 0 spiro atoms. The molecular formula is C23H28N2O2. The van der Waals surface area contributed by atoms with Crippen molar-refractivity contribution in [3.63, 3.8) is 0 Å². The molecule has 1 aliphatic rings. The second kappa shape index (κ2) is 8.38. The molecule has 2 aromatic rings. The Hall–Kier alpha value is -2.62. The average molecular weight is 364 g/mol. The van der Waals surface area contributed by atoms with Crippen LogP contribution in [0.1, 0.15) is 39.9 Å². The topological polar surface area (TPSA) is 40.6 Å². The van der Waals surface area contributed by atoms with E-state index in [-0.39, 0.29) is 24.5 Å². The number of rotatable bonds is 5. The normalized spacial score (nSPS) is 14.3. The Kier molecular flexibility index (Phi) is 5.94. The Labute approximate surface area is 161 Å². The van der Waals surface area contributed by atoms with Crippen LogP contribution >= 0.6 is 0 Å². The van der Waals surface area contributed by atoms with E-state index in [4.69, 9.17) is 0 Å². The Morgan fingerprint density at radius 2 is 1.52 bits per heavy atom. The van der Waals surface area contributed by atoms with Gasteiger partial charge in [0.1, 0.15) is 0 Å². The van der Waals surface area contributed by atoms with Crippen LogP contribution in [0.15, 0.2) is 42.5 Å². The lowest BCUT2D eigenvalue weighted by molar-refractivity contribution is -0.131. The van der Waals surface area contributed by atoms with E-state index in [1.54, 1.807) is 0 Å². The molecule has 0 unspecified atom stereocenters. The van der Waals surface area contributed by atoms with Gasteiger partial charge >= 0.3 is 0 Å². The molecule has 0 radical (unpaired) electrons. The van der Waals surface area contributed by atoms with Gasteiger partial charge in [0.15, 0.2) is 5.78 Å². The summed E-state index contributed by atoms with van der Waals surface area (Å²) in [5, 5.41) is 0. The highest BCUT2D eigenvalue weighted by Gasteiger charge is 2.22. The smallest absolute Gasteiger partial charge is 0.223 e. The summed E-state index contributed by atoms with van der Waals surface area (Å²) in [7, 11) is 0. The number of anilines is 1. The maximum Gasteiger partial charge on any atom is 0.223 e. The first-order valence-electron chi connectivity index (χ1n) is 9.64. The number of ketones is 1. The number of aryl methyl sites for hydroxylation is 3. The molecule has 2 aromatic carbocycles. The molecule has 4 nitrogen and oxygen atoms in total. The van der Waals surface area contributed by atoms with Crippen LogP contribution in [-0.2, 0) is 4.79 Å². The third-order valence-corrected chi connectivity index (χ3v) is 5.48. The molecule has 1 saturated heterocycles. The van der Waals surface area contributed by atoms with E-state index >= 15 is 0 Å². The highest BCUT2D eigenvalue weighted by Crippen LogP contribution is 2.21. The van der Waals surface area contributed by atoms with E-state index in [0.29, 0.717) is 18.7 Å². The van der Waals surface area contributed by atoms with E-state index in [0.717, 1.165) is 18.7 Å². The molecule has 0 aromatic heterocycles. The predicted octanol–water partition coefficient (Wildman–Crippen LogP) is 3.92. The number of carbonyl (C=O) groups excluding carboxylic acids is 2. The Balaban J connectivity index is 1.50. The third-order valence-electron chi connectivity index (χ3n) is 5.48. The number of para-hydroxylation sites is 1. The van der Waals surface area contributed by atoms with Crippen LogP contribution < -0.4 is 4.90 Å². The van der Waals surface area contributed by atoms with Crippen LogP contribution in [0.2, 0.25) is 0 Å². The molecule has 4 heteroatoms. The molecular weight excluding hydrogens is 336 g/mol. The van der Waals surface area contributed by atoms with Crippen LogP contribution in [0, 0.1) is 20.8 Å². The lowest BCUT2D eigenvalue weighted by atomic mass is 10.0. The van der Waals surface area contributed by atoms with Crippen molar-refractivity contribution in [2.75, 3.05) is 31.1 Å². The molecule has 1 fully saturated rings. The number of hydrogen-bond acceptors (Lipinski definition) is 3. The average Bonchev–Trinajstić information content (AvgIpc) is 2.68. The van der Waals surface area contributed by atoms with Gasteiger partial charge in [0.05, 0.1) is 0 Å². The summed E-state index contributed by atoms with van der Waals surface area (Å²) < 4.78 is 0. The number of piperazine rings is 1. The second-order valence-corrected chi connectivity index (χ2v) is 7.38. The standard InChI is InChI=1S/C23H28N2O2/c1-17-8-9-20(16-19(17)3)22(26)10-11-23(27)25-14-12-24(13-15-25)21-7-5-4-6-18(21)2/h4-9,16H,10-15H2,1-3H3. The molecule has 0 saturated carbocycles. The minimum absolute atomic E-state index is 0.0463.